The number of carbonyl (C=O) groups is 2. The number of benzene rings is 1. The summed E-state index contributed by atoms with van der Waals surface area (Å²) in [6.07, 6.45) is 0. The molecule has 0 radical (unpaired) electrons. The third kappa shape index (κ3) is 3.49. The molecular formula is C8H8CaO4S. The molecule has 0 fully saturated rings. The summed E-state index contributed by atoms with van der Waals surface area (Å²) in [7, 11) is 0. The Kier molecular flexibility index (Phi) is 6.19. The van der Waals surface area contributed by atoms with Crippen LogP contribution in [0.4, 0.5) is 0 Å². The molecule has 0 aliphatic rings. The van der Waals surface area contributed by atoms with Crippen molar-refractivity contribution in [1.82, 2.24) is 0 Å². The molecule has 0 aliphatic heterocycles. The Labute approximate surface area is 119 Å². The van der Waals surface area contributed by atoms with E-state index in [4.69, 9.17) is 5.11 Å². The number of hydrogen-bond acceptors (Lipinski definition) is 4. The standard InChI is InChI=1S/C8H6O4S.Ca.2H/c9-7(10)5-2-1-3-6(4-5)8(11)12-13;;;/h1-4,13H,(H,9,10);;;/q;+2;2*-1. The van der Waals surface area contributed by atoms with E-state index in [2.05, 4.69) is 17.1 Å². The van der Waals surface area contributed by atoms with Crippen LogP contribution in [0.25, 0.3) is 0 Å². The fraction of sp³-hybridized carbons (Fsp3) is 0. The number of carboxylic acids is 1. The first-order valence-electron chi connectivity index (χ1n) is 3.34. The van der Waals surface area contributed by atoms with E-state index < -0.39 is 11.9 Å². The Balaban J connectivity index is -0.000000563. The van der Waals surface area contributed by atoms with Gasteiger partial charge in [-0.1, -0.05) is 6.07 Å². The third-order valence-electron chi connectivity index (χ3n) is 1.43. The van der Waals surface area contributed by atoms with Gasteiger partial charge in [0.25, 0.3) is 0 Å². The zero-order chi connectivity index (χ0) is 9.84. The van der Waals surface area contributed by atoms with Gasteiger partial charge in [0.1, 0.15) is 0 Å². The largest absolute Gasteiger partial charge is 2.00 e. The first-order valence-corrected chi connectivity index (χ1v) is 3.71. The Morgan fingerprint density at radius 3 is 2.43 bits per heavy atom. The van der Waals surface area contributed by atoms with E-state index in [0.29, 0.717) is 0 Å². The van der Waals surface area contributed by atoms with Crippen molar-refractivity contribution in [1.29, 1.82) is 0 Å². The topological polar surface area (TPSA) is 63.6 Å². The summed E-state index contributed by atoms with van der Waals surface area (Å²) in [5.41, 5.74) is 0.200. The molecule has 0 bridgehead atoms. The molecule has 1 aromatic carbocycles. The van der Waals surface area contributed by atoms with Crippen molar-refractivity contribution in [2.24, 2.45) is 0 Å². The quantitative estimate of drug-likeness (QED) is 0.463. The molecule has 0 aliphatic carbocycles. The predicted molar refractivity (Wildman–Crippen MR) is 55.8 cm³/mol. The SMILES string of the molecule is O=C(O)c1cccc(C(=O)OS)c1.[Ca+2].[H-].[H-]. The Morgan fingerprint density at radius 2 is 1.93 bits per heavy atom. The van der Waals surface area contributed by atoms with Crippen LogP contribution in [0, 0.1) is 0 Å². The predicted octanol–water partition coefficient (Wildman–Crippen LogP) is 1.23. The molecule has 1 aromatic rings. The van der Waals surface area contributed by atoms with E-state index in [1.807, 2.05) is 0 Å². The van der Waals surface area contributed by atoms with E-state index >= 15 is 0 Å². The van der Waals surface area contributed by atoms with Crippen molar-refractivity contribution < 1.29 is 21.7 Å². The van der Waals surface area contributed by atoms with E-state index in [1.54, 1.807) is 0 Å². The normalized spacial score (nSPS) is 8.64. The molecule has 4 nitrogen and oxygen atoms in total. The summed E-state index contributed by atoms with van der Waals surface area (Å²) >= 11 is 3.32. The van der Waals surface area contributed by atoms with Gasteiger partial charge in [-0.2, -0.15) is 0 Å². The Hall–Kier alpha value is -0.230. The minimum atomic E-state index is -1.09. The van der Waals surface area contributed by atoms with Crippen LogP contribution in [0.3, 0.4) is 0 Å². The molecule has 72 valence electrons. The fourth-order valence-electron chi connectivity index (χ4n) is 0.832. The Bertz CT molecular complexity index is 362. The molecule has 0 heterocycles. The number of carboxylic acid groups (broad SMARTS) is 1. The number of thiol groups is 1. The van der Waals surface area contributed by atoms with Gasteiger partial charge in [-0.25, -0.2) is 9.59 Å². The molecule has 6 heteroatoms. The van der Waals surface area contributed by atoms with Gasteiger partial charge in [0.15, 0.2) is 0 Å². The van der Waals surface area contributed by atoms with Gasteiger partial charge in [-0.15, -0.1) is 0 Å². The van der Waals surface area contributed by atoms with Crippen LogP contribution in [-0.4, -0.2) is 54.8 Å². The molecule has 0 spiro atoms. The van der Waals surface area contributed by atoms with Gasteiger partial charge in [0.05, 0.1) is 11.1 Å². The van der Waals surface area contributed by atoms with E-state index in [9.17, 15) is 9.59 Å². The zero-order valence-electron chi connectivity index (χ0n) is 9.14. The van der Waals surface area contributed by atoms with Gasteiger partial charge < -0.3 is 12.1 Å². The van der Waals surface area contributed by atoms with Crippen LogP contribution in [0.5, 0.6) is 0 Å². The van der Waals surface area contributed by atoms with Crippen LogP contribution in [0.2, 0.25) is 0 Å². The van der Waals surface area contributed by atoms with Gasteiger partial charge in [-0.05, 0) is 18.2 Å². The minimum Gasteiger partial charge on any atom is -1.00 e. The molecule has 0 saturated heterocycles. The van der Waals surface area contributed by atoms with Crippen LogP contribution < -0.4 is 0 Å². The number of aromatic carboxylic acids is 1. The molecule has 14 heavy (non-hydrogen) atoms. The smallest absolute Gasteiger partial charge is 1.00 e. The minimum absolute atomic E-state index is 0. The maximum absolute atomic E-state index is 10.9. The van der Waals surface area contributed by atoms with E-state index in [1.165, 1.54) is 24.3 Å². The molecule has 0 aromatic heterocycles. The average Bonchev–Trinajstić information content (AvgIpc) is 2.17. The van der Waals surface area contributed by atoms with Gasteiger partial charge in [-0.3, -0.25) is 0 Å². The van der Waals surface area contributed by atoms with Crippen LogP contribution in [-0.2, 0) is 4.18 Å². The second-order valence-electron chi connectivity index (χ2n) is 2.26. The first kappa shape index (κ1) is 13.8. The monoisotopic (exact) mass is 240 g/mol. The molecule has 0 amide bonds. The Morgan fingerprint density at radius 1 is 1.36 bits per heavy atom. The zero-order valence-corrected chi connectivity index (χ0v) is 10.2. The van der Waals surface area contributed by atoms with E-state index in [0.717, 1.165) is 0 Å². The van der Waals surface area contributed by atoms with Crippen molar-refractivity contribution in [3.63, 3.8) is 0 Å². The maximum Gasteiger partial charge on any atom is 2.00 e. The van der Waals surface area contributed by atoms with Crippen LogP contribution in [0.1, 0.15) is 23.6 Å². The summed E-state index contributed by atoms with van der Waals surface area (Å²) in [6, 6.07) is 5.52. The first-order chi connectivity index (χ1) is 6.15. The fourth-order valence-corrected chi connectivity index (χ4v) is 0.937. The van der Waals surface area contributed by atoms with Crippen molar-refractivity contribution >= 4 is 62.6 Å². The summed E-state index contributed by atoms with van der Waals surface area (Å²) in [6.45, 7) is 0. The number of hydrogen-bond donors (Lipinski definition) is 2. The number of rotatable bonds is 2. The summed E-state index contributed by atoms with van der Waals surface area (Å²) < 4.78 is 4.13. The summed E-state index contributed by atoms with van der Waals surface area (Å²) in [5, 5.41) is 8.59. The van der Waals surface area contributed by atoms with Crippen molar-refractivity contribution in [3.05, 3.63) is 35.4 Å². The van der Waals surface area contributed by atoms with Crippen molar-refractivity contribution in [3.8, 4) is 0 Å². The second kappa shape index (κ2) is 6.29. The summed E-state index contributed by atoms with van der Waals surface area (Å²) in [5.74, 6) is -1.76. The van der Waals surface area contributed by atoms with Crippen LogP contribution >= 0.6 is 12.9 Å². The molecule has 1 N–H and O–H groups in total. The number of carbonyl (C=O) groups excluding carboxylic acids is 1. The third-order valence-corrected chi connectivity index (χ3v) is 1.59. The van der Waals surface area contributed by atoms with E-state index in [-0.39, 0.29) is 51.7 Å². The molecule has 1 rings (SSSR count). The molecule has 0 saturated carbocycles. The van der Waals surface area contributed by atoms with Gasteiger partial charge in [0.2, 0.25) is 0 Å². The molecule has 0 atom stereocenters. The van der Waals surface area contributed by atoms with Crippen molar-refractivity contribution in [2.45, 2.75) is 0 Å². The second-order valence-corrected chi connectivity index (χ2v) is 2.45. The van der Waals surface area contributed by atoms with Gasteiger partial charge in [0, 0.05) is 12.9 Å². The molecule has 0 unspecified atom stereocenters. The van der Waals surface area contributed by atoms with Gasteiger partial charge >= 0.3 is 49.7 Å². The molecular weight excluding hydrogens is 232 g/mol. The maximum atomic E-state index is 10.9. The summed E-state index contributed by atoms with van der Waals surface area (Å²) in [4.78, 5) is 21.4. The van der Waals surface area contributed by atoms with Crippen molar-refractivity contribution in [2.75, 3.05) is 0 Å². The average molecular weight is 240 g/mol. The van der Waals surface area contributed by atoms with Crippen LogP contribution in [0.15, 0.2) is 24.3 Å².